The Morgan fingerprint density at radius 3 is 2.75 bits per heavy atom. The van der Waals surface area contributed by atoms with E-state index in [-0.39, 0.29) is 0 Å². The Hall–Kier alpha value is -1.32. The third-order valence-electron chi connectivity index (χ3n) is 2.37. The molecule has 2 rings (SSSR count). The number of halogens is 1. The molecule has 4 heteroatoms. The fourth-order valence-electron chi connectivity index (χ4n) is 1.55. The van der Waals surface area contributed by atoms with Crippen LogP contribution in [0.15, 0.2) is 30.3 Å². The van der Waals surface area contributed by atoms with Gasteiger partial charge in [0.25, 0.3) is 0 Å². The third-order valence-corrected chi connectivity index (χ3v) is 2.64. The van der Waals surface area contributed by atoms with Crippen LogP contribution in [0.4, 0.5) is 0 Å². The average molecular weight is 236 g/mol. The molecule has 0 aliphatic heterocycles. The Morgan fingerprint density at radius 2 is 2.06 bits per heavy atom. The molecule has 1 aromatic carbocycles. The van der Waals surface area contributed by atoms with Gasteiger partial charge in [-0.2, -0.15) is 0 Å². The van der Waals surface area contributed by atoms with E-state index in [4.69, 9.17) is 11.6 Å². The molecule has 1 heterocycles. The number of rotatable bonds is 4. The highest BCUT2D eigenvalue weighted by Crippen LogP contribution is 2.25. The fourth-order valence-corrected chi connectivity index (χ4v) is 1.81. The second-order valence-electron chi connectivity index (χ2n) is 3.57. The molecule has 0 aliphatic carbocycles. The number of likely N-dealkylation sites (N-methyl/N-ethyl adjacent to an activating group) is 1. The summed E-state index contributed by atoms with van der Waals surface area (Å²) in [4.78, 5) is 7.58. The van der Waals surface area contributed by atoms with E-state index in [1.54, 1.807) is 0 Å². The lowest BCUT2D eigenvalue weighted by Crippen LogP contribution is -2.11. The van der Waals surface area contributed by atoms with Gasteiger partial charge in [0.05, 0.1) is 0 Å². The summed E-state index contributed by atoms with van der Waals surface area (Å²) in [7, 11) is 1.92. The van der Waals surface area contributed by atoms with Gasteiger partial charge < -0.3 is 10.3 Å². The van der Waals surface area contributed by atoms with E-state index in [2.05, 4.69) is 15.3 Å². The molecular weight excluding hydrogens is 222 g/mol. The van der Waals surface area contributed by atoms with Gasteiger partial charge in [0.15, 0.2) is 0 Å². The van der Waals surface area contributed by atoms with Crippen LogP contribution in [0.25, 0.3) is 11.3 Å². The Balaban J connectivity index is 2.25. The predicted molar refractivity (Wildman–Crippen MR) is 66.7 cm³/mol. The zero-order valence-corrected chi connectivity index (χ0v) is 9.88. The van der Waals surface area contributed by atoms with Gasteiger partial charge in [-0.1, -0.05) is 41.9 Å². The molecule has 0 unspecified atom stereocenters. The maximum absolute atomic E-state index is 6.12. The van der Waals surface area contributed by atoms with Crippen LogP contribution >= 0.6 is 11.6 Å². The minimum atomic E-state index is 0.609. The van der Waals surface area contributed by atoms with Crippen molar-refractivity contribution in [1.29, 1.82) is 0 Å². The second kappa shape index (κ2) is 5.14. The molecule has 3 nitrogen and oxygen atoms in total. The maximum atomic E-state index is 6.12. The minimum absolute atomic E-state index is 0.609. The number of hydrogen-bond donors (Lipinski definition) is 2. The highest BCUT2D eigenvalue weighted by molar-refractivity contribution is 6.31. The number of aromatic amines is 1. The molecule has 0 saturated heterocycles. The molecule has 0 spiro atoms. The lowest BCUT2D eigenvalue weighted by molar-refractivity contribution is 0.764. The highest BCUT2D eigenvalue weighted by atomic mass is 35.5. The maximum Gasteiger partial charge on any atom is 0.134 e. The molecule has 0 amide bonds. The lowest BCUT2D eigenvalue weighted by Gasteiger charge is -1.95. The summed E-state index contributed by atoms with van der Waals surface area (Å²) in [5, 5.41) is 3.69. The first-order valence-electron chi connectivity index (χ1n) is 5.25. The molecule has 0 aliphatic rings. The average Bonchev–Trinajstić information content (AvgIpc) is 2.69. The molecule has 0 bridgehead atoms. The van der Waals surface area contributed by atoms with Crippen molar-refractivity contribution in [2.45, 2.75) is 6.42 Å². The summed E-state index contributed by atoms with van der Waals surface area (Å²) >= 11 is 6.12. The molecule has 84 valence electrons. The molecule has 0 fully saturated rings. The standard InChI is InChI=1S/C12H14ClN3/c1-14-8-7-10-15-11(12(13)16-10)9-5-3-2-4-6-9/h2-6,14H,7-8H2,1H3,(H,15,16). The van der Waals surface area contributed by atoms with E-state index in [1.807, 2.05) is 37.4 Å². The van der Waals surface area contributed by atoms with Gasteiger partial charge in [0, 0.05) is 18.5 Å². The number of nitrogens with one attached hydrogen (secondary N) is 2. The lowest BCUT2D eigenvalue weighted by atomic mass is 10.2. The van der Waals surface area contributed by atoms with Crippen molar-refractivity contribution in [2.24, 2.45) is 0 Å². The van der Waals surface area contributed by atoms with Crippen molar-refractivity contribution in [2.75, 3.05) is 13.6 Å². The van der Waals surface area contributed by atoms with Crippen LogP contribution in [0.5, 0.6) is 0 Å². The predicted octanol–water partition coefficient (Wildman–Crippen LogP) is 2.49. The van der Waals surface area contributed by atoms with Gasteiger partial charge in [-0.25, -0.2) is 4.98 Å². The number of benzene rings is 1. The smallest absolute Gasteiger partial charge is 0.134 e. The summed E-state index contributed by atoms with van der Waals surface area (Å²) in [6.07, 6.45) is 0.850. The van der Waals surface area contributed by atoms with Crippen LogP contribution in [0, 0.1) is 0 Å². The summed E-state index contributed by atoms with van der Waals surface area (Å²) in [5.74, 6) is 0.915. The quantitative estimate of drug-likeness (QED) is 0.855. The molecule has 16 heavy (non-hydrogen) atoms. The van der Waals surface area contributed by atoms with Gasteiger partial charge in [0.1, 0.15) is 16.7 Å². The molecule has 1 aromatic heterocycles. The largest absolute Gasteiger partial charge is 0.332 e. The van der Waals surface area contributed by atoms with E-state index >= 15 is 0 Å². The Morgan fingerprint density at radius 1 is 1.31 bits per heavy atom. The van der Waals surface area contributed by atoms with Crippen LogP contribution in [0.3, 0.4) is 0 Å². The number of imidazole rings is 1. The number of hydrogen-bond acceptors (Lipinski definition) is 2. The highest BCUT2D eigenvalue weighted by Gasteiger charge is 2.09. The molecule has 0 atom stereocenters. The van der Waals surface area contributed by atoms with E-state index in [1.165, 1.54) is 0 Å². The van der Waals surface area contributed by atoms with E-state index in [0.29, 0.717) is 5.15 Å². The van der Waals surface area contributed by atoms with E-state index < -0.39 is 0 Å². The Labute approximate surface area is 99.9 Å². The second-order valence-corrected chi connectivity index (χ2v) is 3.94. The summed E-state index contributed by atoms with van der Waals surface area (Å²) in [6, 6.07) is 9.95. The first kappa shape index (κ1) is 11.2. The number of aromatic nitrogens is 2. The zero-order chi connectivity index (χ0) is 11.4. The van der Waals surface area contributed by atoms with Gasteiger partial charge in [-0.15, -0.1) is 0 Å². The summed E-state index contributed by atoms with van der Waals surface area (Å²) in [5.41, 5.74) is 1.87. The van der Waals surface area contributed by atoms with Crippen molar-refractivity contribution < 1.29 is 0 Å². The summed E-state index contributed by atoms with van der Waals surface area (Å²) < 4.78 is 0. The number of nitrogens with zero attached hydrogens (tertiary/aromatic N) is 1. The van der Waals surface area contributed by atoms with Crippen molar-refractivity contribution in [3.05, 3.63) is 41.3 Å². The van der Waals surface area contributed by atoms with Crippen molar-refractivity contribution in [3.63, 3.8) is 0 Å². The molecular formula is C12H14ClN3. The first-order valence-corrected chi connectivity index (χ1v) is 5.63. The van der Waals surface area contributed by atoms with Crippen LogP contribution in [0.2, 0.25) is 5.15 Å². The van der Waals surface area contributed by atoms with Gasteiger partial charge >= 0.3 is 0 Å². The van der Waals surface area contributed by atoms with Gasteiger partial charge in [0.2, 0.25) is 0 Å². The Kier molecular flexibility index (Phi) is 3.59. The van der Waals surface area contributed by atoms with Crippen LogP contribution in [-0.4, -0.2) is 23.6 Å². The fraction of sp³-hybridized carbons (Fsp3) is 0.250. The van der Waals surface area contributed by atoms with E-state index in [0.717, 1.165) is 30.0 Å². The normalized spacial score (nSPS) is 10.6. The SMILES string of the molecule is CNCCc1nc(-c2ccccc2)c(Cl)[nH]1. The third kappa shape index (κ3) is 2.43. The number of H-pyrrole nitrogens is 1. The molecule has 2 N–H and O–H groups in total. The topological polar surface area (TPSA) is 40.7 Å². The summed E-state index contributed by atoms with van der Waals surface area (Å²) in [6.45, 7) is 0.887. The minimum Gasteiger partial charge on any atom is -0.332 e. The van der Waals surface area contributed by atoms with Crippen LogP contribution in [0.1, 0.15) is 5.82 Å². The van der Waals surface area contributed by atoms with Gasteiger partial charge in [-0.05, 0) is 7.05 Å². The van der Waals surface area contributed by atoms with Crippen LogP contribution in [-0.2, 0) is 6.42 Å². The van der Waals surface area contributed by atoms with Crippen molar-refractivity contribution in [3.8, 4) is 11.3 Å². The molecule has 2 aromatic rings. The monoisotopic (exact) mass is 235 g/mol. The zero-order valence-electron chi connectivity index (χ0n) is 9.13. The van der Waals surface area contributed by atoms with E-state index in [9.17, 15) is 0 Å². The van der Waals surface area contributed by atoms with Gasteiger partial charge in [-0.3, -0.25) is 0 Å². The Bertz CT molecular complexity index is 451. The van der Waals surface area contributed by atoms with Crippen molar-refractivity contribution in [1.82, 2.24) is 15.3 Å². The first-order chi connectivity index (χ1) is 7.81. The molecule has 0 saturated carbocycles. The van der Waals surface area contributed by atoms with Crippen LogP contribution < -0.4 is 5.32 Å². The molecule has 0 radical (unpaired) electrons. The van der Waals surface area contributed by atoms with Crippen molar-refractivity contribution >= 4 is 11.6 Å².